The molecule has 0 atom stereocenters. The first-order valence-electron chi connectivity index (χ1n) is 4.04. The molecular weight excluding hydrogens is 182 g/mol. The van der Waals surface area contributed by atoms with Crippen molar-refractivity contribution in [2.24, 2.45) is 0 Å². The lowest BCUT2D eigenvalue weighted by Crippen LogP contribution is -2.08. The Morgan fingerprint density at radius 2 is 2.08 bits per heavy atom. The second-order valence-corrected chi connectivity index (χ2v) is 3.73. The lowest BCUT2D eigenvalue weighted by molar-refractivity contribution is 0.263. The van der Waals surface area contributed by atoms with Gasteiger partial charge in [0, 0.05) is 11.4 Å². The first-order chi connectivity index (χ1) is 6.34. The molecule has 1 N–H and O–H groups in total. The molecule has 1 fully saturated rings. The Balaban J connectivity index is 2.17. The van der Waals surface area contributed by atoms with Crippen LogP contribution in [-0.4, -0.2) is 11.0 Å². The van der Waals surface area contributed by atoms with Crippen molar-refractivity contribution in [3.63, 3.8) is 0 Å². The van der Waals surface area contributed by atoms with E-state index in [1.807, 2.05) is 36.4 Å². The standard InChI is InChI=1S/C10H9NOS/c12-10-11-9(7-13-10)6-8-4-2-1-3-5-8/h1-6H,7H2,(H,11,12). The highest BCUT2D eigenvalue weighted by Crippen LogP contribution is 2.17. The van der Waals surface area contributed by atoms with Crippen molar-refractivity contribution in [2.45, 2.75) is 0 Å². The van der Waals surface area contributed by atoms with Crippen LogP contribution in [0.5, 0.6) is 0 Å². The number of hydrogen-bond acceptors (Lipinski definition) is 2. The Labute approximate surface area is 81.0 Å². The molecule has 1 aliphatic heterocycles. The van der Waals surface area contributed by atoms with E-state index in [-0.39, 0.29) is 5.24 Å². The number of benzene rings is 1. The quantitative estimate of drug-likeness (QED) is 0.738. The van der Waals surface area contributed by atoms with Crippen LogP contribution in [0.3, 0.4) is 0 Å². The van der Waals surface area contributed by atoms with Gasteiger partial charge in [0.1, 0.15) is 0 Å². The second kappa shape index (κ2) is 3.66. The number of nitrogens with one attached hydrogen (secondary N) is 1. The largest absolute Gasteiger partial charge is 0.320 e. The Bertz CT molecular complexity index is 345. The molecule has 1 aliphatic rings. The Morgan fingerprint density at radius 3 is 2.69 bits per heavy atom. The maximum absolute atomic E-state index is 10.9. The fourth-order valence-electron chi connectivity index (χ4n) is 1.17. The minimum Gasteiger partial charge on any atom is -0.320 e. The summed E-state index contributed by atoms with van der Waals surface area (Å²) >= 11 is 1.31. The predicted molar refractivity (Wildman–Crippen MR) is 55.4 cm³/mol. The van der Waals surface area contributed by atoms with Crippen LogP contribution < -0.4 is 5.32 Å². The molecule has 0 unspecified atom stereocenters. The Kier molecular flexibility index (Phi) is 2.36. The van der Waals surface area contributed by atoms with Gasteiger partial charge in [-0.05, 0) is 11.6 Å². The summed E-state index contributed by atoms with van der Waals surface area (Å²) in [5.74, 6) is 0.758. The van der Waals surface area contributed by atoms with Crippen LogP contribution in [0.15, 0.2) is 36.0 Å². The minimum atomic E-state index is 0.0437. The van der Waals surface area contributed by atoms with E-state index in [4.69, 9.17) is 0 Å². The van der Waals surface area contributed by atoms with E-state index in [0.717, 1.165) is 17.0 Å². The molecule has 0 bridgehead atoms. The molecule has 3 heteroatoms. The van der Waals surface area contributed by atoms with E-state index in [0.29, 0.717) is 0 Å². The molecule has 66 valence electrons. The van der Waals surface area contributed by atoms with Crippen LogP contribution in [0.4, 0.5) is 4.79 Å². The summed E-state index contributed by atoms with van der Waals surface area (Å²) in [6.07, 6.45) is 2.00. The molecule has 0 radical (unpaired) electrons. The zero-order valence-corrected chi connectivity index (χ0v) is 7.80. The molecule has 1 heterocycles. The third-order valence-electron chi connectivity index (χ3n) is 1.76. The van der Waals surface area contributed by atoms with Gasteiger partial charge in [0.15, 0.2) is 0 Å². The summed E-state index contributed by atoms with van der Waals surface area (Å²) < 4.78 is 0. The van der Waals surface area contributed by atoms with Gasteiger partial charge in [0.2, 0.25) is 0 Å². The summed E-state index contributed by atoms with van der Waals surface area (Å²) in [4.78, 5) is 10.9. The Hall–Kier alpha value is -1.22. The van der Waals surface area contributed by atoms with Gasteiger partial charge in [-0.2, -0.15) is 0 Å². The number of carbonyl (C=O) groups excluding carboxylic acids is 1. The van der Waals surface area contributed by atoms with Crippen LogP contribution in [0, 0.1) is 0 Å². The zero-order valence-electron chi connectivity index (χ0n) is 6.99. The molecule has 1 saturated heterocycles. The number of amides is 1. The first-order valence-corrected chi connectivity index (χ1v) is 5.02. The van der Waals surface area contributed by atoms with Crippen molar-refractivity contribution in [3.05, 3.63) is 41.6 Å². The van der Waals surface area contributed by atoms with E-state index in [2.05, 4.69) is 5.32 Å². The molecular formula is C10H9NOS. The molecule has 0 aromatic heterocycles. The summed E-state index contributed by atoms with van der Waals surface area (Å²) in [5, 5.41) is 2.83. The van der Waals surface area contributed by atoms with Gasteiger partial charge >= 0.3 is 0 Å². The number of rotatable bonds is 1. The predicted octanol–water partition coefficient (Wildman–Crippen LogP) is 2.48. The lowest BCUT2D eigenvalue weighted by atomic mass is 10.2. The van der Waals surface area contributed by atoms with Crippen LogP contribution in [-0.2, 0) is 0 Å². The van der Waals surface area contributed by atoms with E-state index < -0.39 is 0 Å². The number of carbonyl (C=O) groups is 1. The van der Waals surface area contributed by atoms with Crippen molar-refractivity contribution in [1.82, 2.24) is 5.32 Å². The minimum absolute atomic E-state index is 0.0437. The molecule has 1 aromatic carbocycles. The fraction of sp³-hybridized carbons (Fsp3) is 0.100. The van der Waals surface area contributed by atoms with Crippen molar-refractivity contribution >= 4 is 23.1 Å². The van der Waals surface area contributed by atoms with Gasteiger partial charge in [-0.1, -0.05) is 42.1 Å². The molecule has 0 saturated carbocycles. The van der Waals surface area contributed by atoms with E-state index in [1.165, 1.54) is 11.8 Å². The van der Waals surface area contributed by atoms with Crippen molar-refractivity contribution in [1.29, 1.82) is 0 Å². The zero-order chi connectivity index (χ0) is 9.10. The maximum atomic E-state index is 10.9. The van der Waals surface area contributed by atoms with Crippen LogP contribution in [0.25, 0.3) is 6.08 Å². The van der Waals surface area contributed by atoms with Gasteiger partial charge in [-0.3, -0.25) is 4.79 Å². The highest BCUT2D eigenvalue weighted by atomic mass is 32.2. The molecule has 2 nitrogen and oxygen atoms in total. The molecule has 2 rings (SSSR count). The summed E-state index contributed by atoms with van der Waals surface area (Å²) in [6, 6.07) is 9.97. The van der Waals surface area contributed by atoms with Gasteiger partial charge in [0.05, 0.1) is 0 Å². The van der Waals surface area contributed by atoms with Gasteiger partial charge in [-0.25, -0.2) is 0 Å². The summed E-state index contributed by atoms with van der Waals surface area (Å²) in [7, 11) is 0. The van der Waals surface area contributed by atoms with E-state index in [9.17, 15) is 4.79 Å². The SMILES string of the molecule is O=C1NC(=Cc2ccccc2)CS1. The molecule has 0 aliphatic carbocycles. The second-order valence-electron chi connectivity index (χ2n) is 2.78. The van der Waals surface area contributed by atoms with Gasteiger partial charge < -0.3 is 5.32 Å². The smallest absolute Gasteiger partial charge is 0.283 e. The van der Waals surface area contributed by atoms with Crippen LogP contribution in [0.2, 0.25) is 0 Å². The molecule has 1 amide bonds. The van der Waals surface area contributed by atoms with Crippen molar-refractivity contribution in [3.8, 4) is 0 Å². The molecule has 13 heavy (non-hydrogen) atoms. The average molecular weight is 191 g/mol. The third kappa shape index (κ3) is 2.12. The molecule has 0 spiro atoms. The number of thioether (sulfide) groups is 1. The molecule has 1 aromatic rings. The van der Waals surface area contributed by atoms with Crippen LogP contribution >= 0.6 is 11.8 Å². The van der Waals surface area contributed by atoms with Crippen molar-refractivity contribution < 1.29 is 4.79 Å². The lowest BCUT2D eigenvalue weighted by Gasteiger charge is -1.95. The topological polar surface area (TPSA) is 29.1 Å². The van der Waals surface area contributed by atoms with Gasteiger partial charge in [-0.15, -0.1) is 0 Å². The first kappa shape index (κ1) is 8.38. The summed E-state index contributed by atoms with van der Waals surface area (Å²) in [5.41, 5.74) is 2.11. The highest BCUT2D eigenvalue weighted by Gasteiger charge is 2.14. The third-order valence-corrected chi connectivity index (χ3v) is 2.58. The van der Waals surface area contributed by atoms with Gasteiger partial charge in [0.25, 0.3) is 5.24 Å². The highest BCUT2D eigenvalue weighted by molar-refractivity contribution is 8.14. The number of hydrogen-bond donors (Lipinski definition) is 1. The Morgan fingerprint density at radius 1 is 1.31 bits per heavy atom. The fourth-order valence-corrected chi connectivity index (χ4v) is 1.82. The van der Waals surface area contributed by atoms with E-state index in [1.54, 1.807) is 0 Å². The maximum Gasteiger partial charge on any atom is 0.283 e. The van der Waals surface area contributed by atoms with Crippen LogP contribution in [0.1, 0.15) is 5.56 Å². The van der Waals surface area contributed by atoms with Crippen molar-refractivity contribution in [2.75, 3.05) is 5.75 Å². The van der Waals surface area contributed by atoms with E-state index >= 15 is 0 Å². The monoisotopic (exact) mass is 191 g/mol. The summed E-state index contributed by atoms with van der Waals surface area (Å²) in [6.45, 7) is 0. The normalized spacial score (nSPS) is 19.1. The average Bonchev–Trinajstić information content (AvgIpc) is 2.53.